The minimum atomic E-state index is -1.68. The third-order valence-electron chi connectivity index (χ3n) is 5.87. The van der Waals surface area contributed by atoms with Gasteiger partial charge in [0.05, 0.1) is 19.8 Å². The number of ether oxygens (including phenoxy) is 5. The molecule has 12 nitrogen and oxygen atoms in total. The molecule has 0 spiro atoms. The third-order valence-corrected chi connectivity index (χ3v) is 5.87. The van der Waals surface area contributed by atoms with Crippen LogP contribution in [0.3, 0.4) is 0 Å². The molecular formula is C23H32O12. The molecular weight excluding hydrogens is 468 g/mol. The first-order valence-corrected chi connectivity index (χ1v) is 11.3. The number of allylic oxidation sites excluding steroid dienone is 2. The van der Waals surface area contributed by atoms with Crippen LogP contribution in [0.4, 0.5) is 0 Å². The average molecular weight is 500 g/mol. The lowest BCUT2D eigenvalue weighted by Crippen LogP contribution is -2.62. The Morgan fingerprint density at radius 2 is 1.54 bits per heavy atom. The lowest BCUT2D eigenvalue weighted by molar-refractivity contribution is -0.358. The van der Waals surface area contributed by atoms with Crippen LogP contribution in [0.25, 0.3) is 0 Å². The van der Waals surface area contributed by atoms with Crippen LogP contribution in [0.5, 0.6) is 0 Å². The fraction of sp³-hybridized carbons (Fsp3) is 0.739. The minimum Gasteiger partial charge on any atom is -0.394 e. The summed E-state index contributed by atoms with van der Waals surface area (Å²) in [6.45, 7) is 1.04. The van der Waals surface area contributed by atoms with Crippen molar-refractivity contribution in [2.24, 2.45) is 0 Å². The van der Waals surface area contributed by atoms with Crippen molar-refractivity contribution < 1.29 is 59.4 Å². The molecule has 11 atom stereocenters. The third kappa shape index (κ3) is 6.58. The van der Waals surface area contributed by atoms with Gasteiger partial charge in [0.1, 0.15) is 48.8 Å². The molecule has 0 amide bonds. The molecule has 3 fully saturated rings. The zero-order valence-electron chi connectivity index (χ0n) is 19.1. The highest BCUT2D eigenvalue weighted by molar-refractivity contribution is 5.32. The van der Waals surface area contributed by atoms with E-state index in [0.717, 1.165) is 0 Å². The topological polar surface area (TPSA) is 188 Å². The van der Waals surface area contributed by atoms with Gasteiger partial charge in [0.2, 0.25) is 5.79 Å². The van der Waals surface area contributed by atoms with Crippen molar-refractivity contribution in [3.05, 3.63) is 12.2 Å². The van der Waals surface area contributed by atoms with Gasteiger partial charge in [-0.2, -0.15) is 0 Å². The van der Waals surface area contributed by atoms with Crippen molar-refractivity contribution in [3.8, 4) is 23.7 Å². The Labute approximate surface area is 202 Å². The maximum absolute atomic E-state index is 10.4. The second kappa shape index (κ2) is 12.6. The second-order valence-corrected chi connectivity index (χ2v) is 8.39. The summed E-state index contributed by atoms with van der Waals surface area (Å²) in [5.41, 5.74) is 0. The lowest BCUT2D eigenvalue weighted by Gasteiger charge is -2.43. The zero-order chi connectivity index (χ0) is 25.6. The molecule has 3 heterocycles. The molecule has 196 valence electrons. The normalized spacial score (nSPS) is 43.9. The molecule has 3 aliphatic rings. The second-order valence-electron chi connectivity index (χ2n) is 8.39. The van der Waals surface area contributed by atoms with E-state index in [0.29, 0.717) is 19.4 Å². The summed E-state index contributed by atoms with van der Waals surface area (Å²) < 4.78 is 27.8. The van der Waals surface area contributed by atoms with Crippen LogP contribution in [0.15, 0.2) is 12.2 Å². The van der Waals surface area contributed by atoms with Gasteiger partial charge in [-0.05, 0) is 37.2 Å². The van der Waals surface area contributed by atoms with Crippen LogP contribution in [-0.2, 0) is 23.7 Å². The van der Waals surface area contributed by atoms with Crippen LogP contribution in [0.2, 0.25) is 0 Å². The quantitative estimate of drug-likeness (QED) is 0.181. The van der Waals surface area contributed by atoms with E-state index in [1.165, 1.54) is 0 Å². The molecule has 3 aliphatic heterocycles. The monoisotopic (exact) mass is 500 g/mol. The zero-order valence-corrected chi connectivity index (χ0v) is 19.1. The molecule has 0 aromatic heterocycles. The van der Waals surface area contributed by atoms with Gasteiger partial charge in [-0.1, -0.05) is 12.0 Å². The molecule has 0 saturated carbocycles. The predicted molar refractivity (Wildman–Crippen MR) is 116 cm³/mol. The predicted octanol–water partition coefficient (Wildman–Crippen LogP) is -3.28. The van der Waals surface area contributed by atoms with Gasteiger partial charge in [-0.15, -0.1) is 0 Å². The molecule has 0 aromatic rings. The Hall–Kier alpha value is -1.62. The van der Waals surface area contributed by atoms with Gasteiger partial charge in [0.15, 0.2) is 12.6 Å². The standard InChI is InChI=1S/C23H32O12/c1-2-3-4-5-6-8-23(9-7-10-32-23)35-22-20(30)18(28)16(26)14(34-22)12-31-21-19(29)17(27)15(25)13(11-24)33-21/h2-3,13-22,24-30H,7,9-12H2,1H3/b3-2+/t13-,14-,15-,16-,17+,18+,19-,20-,21-,22+,23?/m1/s1. The minimum absolute atomic E-state index is 0.342. The fourth-order valence-electron chi connectivity index (χ4n) is 3.86. The van der Waals surface area contributed by atoms with Crippen LogP contribution in [-0.4, -0.2) is 123 Å². The van der Waals surface area contributed by atoms with Crippen molar-refractivity contribution in [1.29, 1.82) is 0 Å². The van der Waals surface area contributed by atoms with E-state index >= 15 is 0 Å². The molecule has 3 saturated heterocycles. The molecule has 0 aliphatic carbocycles. The van der Waals surface area contributed by atoms with Crippen molar-refractivity contribution >= 4 is 0 Å². The Morgan fingerprint density at radius 1 is 0.886 bits per heavy atom. The summed E-state index contributed by atoms with van der Waals surface area (Å²) in [4.78, 5) is 0. The van der Waals surface area contributed by atoms with E-state index in [4.69, 9.17) is 23.7 Å². The number of rotatable bonds is 6. The van der Waals surface area contributed by atoms with Gasteiger partial charge in [0, 0.05) is 6.42 Å². The number of aliphatic hydroxyl groups is 7. The van der Waals surface area contributed by atoms with Crippen LogP contribution >= 0.6 is 0 Å². The van der Waals surface area contributed by atoms with Crippen molar-refractivity contribution in [1.82, 2.24) is 0 Å². The van der Waals surface area contributed by atoms with Gasteiger partial charge in [0.25, 0.3) is 0 Å². The maximum atomic E-state index is 10.4. The van der Waals surface area contributed by atoms with Gasteiger partial charge >= 0.3 is 0 Å². The van der Waals surface area contributed by atoms with Crippen LogP contribution in [0.1, 0.15) is 19.8 Å². The van der Waals surface area contributed by atoms with E-state index in [1.54, 1.807) is 12.2 Å². The number of hydrogen-bond donors (Lipinski definition) is 7. The highest BCUT2D eigenvalue weighted by Gasteiger charge is 2.50. The van der Waals surface area contributed by atoms with Gasteiger partial charge in [-0.25, -0.2) is 0 Å². The maximum Gasteiger partial charge on any atom is 0.236 e. The Morgan fingerprint density at radius 3 is 2.17 bits per heavy atom. The first-order valence-electron chi connectivity index (χ1n) is 11.3. The molecule has 7 N–H and O–H groups in total. The Kier molecular flexibility index (Phi) is 10.0. The molecule has 0 bridgehead atoms. The summed E-state index contributed by atoms with van der Waals surface area (Å²) in [5.74, 6) is 9.30. The van der Waals surface area contributed by atoms with Gasteiger partial charge in [-0.3, -0.25) is 0 Å². The molecule has 12 heteroatoms. The van der Waals surface area contributed by atoms with E-state index in [9.17, 15) is 35.7 Å². The molecule has 0 radical (unpaired) electrons. The highest BCUT2D eigenvalue weighted by atomic mass is 16.8. The first kappa shape index (κ1) is 28.0. The molecule has 1 unspecified atom stereocenters. The lowest BCUT2D eigenvalue weighted by atomic mass is 9.98. The summed E-state index contributed by atoms with van der Waals surface area (Å²) >= 11 is 0. The summed E-state index contributed by atoms with van der Waals surface area (Å²) in [7, 11) is 0. The largest absolute Gasteiger partial charge is 0.394 e. The van der Waals surface area contributed by atoms with E-state index in [-0.39, 0.29) is 0 Å². The smallest absolute Gasteiger partial charge is 0.236 e. The number of aliphatic hydroxyl groups excluding tert-OH is 7. The SMILES string of the molecule is C/C=C/C#CC#CC1(O[C@@H]2O[C@H](CO[C@@H]3O[C@H](CO)[C@@H](O)[C@H](O)[C@H]3O)[C@@H](O)[C@H](O)[C@H]2O)CCCO1. The first-order chi connectivity index (χ1) is 16.7. The fourth-order valence-corrected chi connectivity index (χ4v) is 3.86. The van der Waals surface area contributed by atoms with Crippen molar-refractivity contribution in [2.45, 2.75) is 87.0 Å². The van der Waals surface area contributed by atoms with Crippen LogP contribution < -0.4 is 0 Å². The molecule has 3 rings (SSSR count). The van der Waals surface area contributed by atoms with Crippen molar-refractivity contribution in [3.63, 3.8) is 0 Å². The summed E-state index contributed by atoms with van der Waals surface area (Å²) in [6, 6.07) is 0. The summed E-state index contributed by atoms with van der Waals surface area (Å²) in [5, 5.41) is 70.3. The van der Waals surface area contributed by atoms with Crippen molar-refractivity contribution in [2.75, 3.05) is 19.8 Å². The van der Waals surface area contributed by atoms with Crippen LogP contribution in [0, 0.1) is 23.7 Å². The Balaban J connectivity index is 1.68. The van der Waals surface area contributed by atoms with Gasteiger partial charge < -0.3 is 59.4 Å². The molecule has 0 aromatic carbocycles. The van der Waals surface area contributed by atoms with E-state index < -0.39 is 80.4 Å². The summed E-state index contributed by atoms with van der Waals surface area (Å²) in [6.07, 6.45) is -10.9. The van der Waals surface area contributed by atoms with E-state index in [2.05, 4.69) is 23.7 Å². The average Bonchev–Trinajstić information content (AvgIpc) is 3.31. The highest BCUT2D eigenvalue weighted by Crippen LogP contribution is 2.33. The number of hydrogen-bond acceptors (Lipinski definition) is 12. The van der Waals surface area contributed by atoms with E-state index in [1.807, 2.05) is 6.92 Å². The Bertz CT molecular complexity index is 833. The molecule has 35 heavy (non-hydrogen) atoms.